The maximum atomic E-state index is 6.08. The molecule has 0 amide bonds. The number of nitrogens with zero attached hydrogens (tertiary/aromatic N) is 2. The van der Waals surface area contributed by atoms with Gasteiger partial charge in [0.25, 0.3) is 0 Å². The molecule has 1 aromatic heterocycles. The lowest BCUT2D eigenvalue weighted by molar-refractivity contribution is 1.07. The van der Waals surface area contributed by atoms with Gasteiger partial charge in [-0.3, -0.25) is 0 Å². The molecule has 2 aromatic rings. The summed E-state index contributed by atoms with van der Waals surface area (Å²) in [4.78, 5) is 8.28. The number of anilines is 1. The minimum absolute atomic E-state index is 0.425. The molecule has 0 aliphatic heterocycles. The van der Waals surface area contributed by atoms with Gasteiger partial charge in [-0.05, 0) is 25.1 Å². The quantitative estimate of drug-likeness (QED) is 0.849. The van der Waals surface area contributed by atoms with Gasteiger partial charge in [-0.15, -0.1) is 0 Å². The van der Waals surface area contributed by atoms with E-state index in [9.17, 15) is 0 Å². The van der Waals surface area contributed by atoms with Crippen LogP contribution in [-0.2, 0) is 0 Å². The Labute approximate surface area is 103 Å². The van der Waals surface area contributed by atoms with Crippen molar-refractivity contribution in [2.75, 3.05) is 5.73 Å². The zero-order valence-electron chi connectivity index (χ0n) is 8.54. The molecule has 2 N–H and O–H groups in total. The van der Waals surface area contributed by atoms with Crippen molar-refractivity contribution in [3.05, 3.63) is 40.1 Å². The third-order valence-electron chi connectivity index (χ3n) is 2.06. The molecule has 1 aromatic carbocycles. The predicted molar refractivity (Wildman–Crippen MR) is 66.6 cm³/mol. The second kappa shape index (κ2) is 4.28. The first kappa shape index (κ1) is 11.2. The van der Waals surface area contributed by atoms with E-state index in [4.69, 9.17) is 28.9 Å². The van der Waals surface area contributed by atoms with Crippen molar-refractivity contribution in [2.45, 2.75) is 6.92 Å². The Kier molecular flexibility index (Phi) is 2.99. The van der Waals surface area contributed by atoms with E-state index in [1.807, 2.05) is 6.07 Å². The van der Waals surface area contributed by atoms with Gasteiger partial charge in [0.15, 0.2) is 0 Å². The van der Waals surface area contributed by atoms with Gasteiger partial charge in [-0.1, -0.05) is 23.2 Å². The minimum atomic E-state index is 0.425. The first-order chi connectivity index (χ1) is 7.56. The smallest absolute Gasteiger partial charge is 0.128 e. The molecule has 0 saturated heterocycles. The largest absolute Gasteiger partial charge is 0.384 e. The van der Waals surface area contributed by atoms with Crippen LogP contribution < -0.4 is 5.73 Å². The molecule has 3 nitrogen and oxygen atoms in total. The second-order valence-electron chi connectivity index (χ2n) is 3.35. The van der Waals surface area contributed by atoms with Crippen LogP contribution in [0.3, 0.4) is 0 Å². The van der Waals surface area contributed by atoms with Gasteiger partial charge >= 0.3 is 0 Å². The number of rotatable bonds is 1. The van der Waals surface area contributed by atoms with Crippen molar-refractivity contribution < 1.29 is 0 Å². The average Bonchev–Trinajstić information content (AvgIpc) is 2.15. The molecule has 0 saturated carbocycles. The van der Waals surface area contributed by atoms with Gasteiger partial charge in [-0.2, -0.15) is 0 Å². The number of nitrogen functional groups attached to an aromatic ring is 1. The molecule has 0 radical (unpaired) electrons. The SMILES string of the molecule is Cc1nc(N)cc(-c2ccc(Cl)cc2Cl)n1. The van der Waals surface area contributed by atoms with Crippen LogP contribution in [0.15, 0.2) is 24.3 Å². The molecule has 0 aliphatic rings. The maximum absolute atomic E-state index is 6.08. The fraction of sp³-hybridized carbons (Fsp3) is 0.0909. The Bertz CT molecular complexity index is 520. The Balaban J connectivity index is 2.58. The Morgan fingerprint density at radius 3 is 2.50 bits per heavy atom. The van der Waals surface area contributed by atoms with E-state index in [1.54, 1.807) is 25.1 Å². The zero-order chi connectivity index (χ0) is 11.7. The fourth-order valence-electron chi connectivity index (χ4n) is 1.43. The van der Waals surface area contributed by atoms with E-state index in [1.165, 1.54) is 0 Å². The molecule has 0 fully saturated rings. The summed E-state index contributed by atoms with van der Waals surface area (Å²) >= 11 is 11.9. The van der Waals surface area contributed by atoms with Crippen LogP contribution in [0.1, 0.15) is 5.82 Å². The van der Waals surface area contributed by atoms with Crippen LogP contribution >= 0.6 is 23.2 Å². The zero-order valence-corrected chi connectivity index (χ0v) is 10.0. The van der Waals surface area contributed by atoms with Crippen LogP contribution in [0.4, 0.5) is 5.82 Å². The third kappa shape index (κ3) is 2.26. The van der Waals surface area contributed by atoms with Crippen molar-refractivity contribution >= 4 is 29.0 Å². The van der Waals surface area contributed by atoms with Crippen LogP contribution in [-0.4, -0.2) is 9.97 Å². The van der Waals surface area contributed by atoms with E-state index in [0.29, 0.717) is 27.4 Å². The van der Waals surface area contributed by atoms with Gasteiger partial charge in [0, 0.05) is 16.7 Å². The number of aromatic nitrogens is 2. The Hall–Kier alpha value is -1.32. The first-order valence-corrected chi connectivity index (χ1v) is 5.38. The summed E-state index contributed by atoms with van der Waals surface area (Å²) in [5.74, 6) is 1.04. The molecule has 82 valence electrons. The summed E-state index contributed by atoms with van der Waals surface area (Å²) < 4.78 is 0. The van der Waals surface area contributed by atoms with E-state index in [2.05, 4.69) is 9.97 Å². The van der Waals surface area contributed by atoms with Crippen molar-refractivity contribution in [3.8, 4) is 11.3 Å². The minimum Gasteiger partial charge on any atom is -0.384 e. The molecule has 0 unspecified atom stereocenters. The summed E-state index contributed by atoms with van der Waals surface area (Å²) in [6.45, 7) is 1.78. The van der Waals surface area contributed by atoms with Crippen LogP contribution in [0.25, 0.3) is 11.3 Å². The average molecular weight is 254 g/mol. The van der Waals surface area contributed by atoms with Crippen LogP contribution in [0, 0.1) is 6.92 Å². The van der Waals surface area contributed by atoms with E-state index < -0.39 is 0 Å². The molecular weight excluding hydrogens is 245 g/mol. The normalized spacial score (nSPS) is 10.4. The molecule has 2 rings (SSSR count). The van der Waals surface area contributed by atoms with E-state index >= 15 is 0 Å². The van der Waals surface area contributed by atoms with E-state index in [-0.39, 0.29) is 0 Å². The monoisotopic (exact) mass is 253 g/mol. The number of hydrogen-bond donors (Lipinski definition) is 1. The van der Waals surface area contributed by atoms with Crippen molar-refractivity contribution in [1.82, 2.24) is 9.97 Å². The number of hydrogen-bond acceptors (Lipinski definition) is 3. The van der Waals surface area contributed by atoms with E-state index in [0.717, 1.165) is 5.56 Å². The third-order valence-corrected chi connectivity index (χ3v) is 2.61. The number of nitrogens with two attached hydrogens (primary N) is 1. The Morgan fingerprint density at radius 1 is 1.12 bits per heavy atom. The van der Waals surface area contributed by atoms with Crippen LogP contribution in [0.5, 0.6) is 0 Å². The lowest BCUT2D eigenvalue weighted by Gasteiger charge is -2.05. The summed E-state index contributed by atoms with van der Waals surface area (Å²) in [6.07, 6.45) is 0. The summed E-state index contributed by atoms with van der Waals surface area (Å²) in [5.41, 5.74) is 7.15. The predicted octanol–water partition coefficient (Wildman–Crippen LogP) is 3.34. The summed E-state index contributed by atoms with van der Waals surface area (Å²) in [7, 11) is 0. The highest BCUT2D eigenvalue weighted by molar-refractivity contribution is 6.36. The highest BCUT2D eigenvalue weighted by Crippen LogP contribution is 2.29. The number of halogens is 2. The lowest BCUT2D eigenvalue weighted by Crippen LogP contribution is -1.97. The van der Waals surface area contributed by atoms with Crippen molar-refractivity contribution in [2.24, 2.45) is 0 Å². The van der Waals surface area contributed by atoms with Crippen LogP contribution in [0.2, 0.25) is 10.0 Å². The number of benzene rings is 1. The lowest BCUT2D eigenvalue weighted by atomic mass is 10.1. The molecule has 0 spiro atoms. The second-order valence-corrected chi connectivity index (χ2v) is 4.19. The summed E-state index contributed by atoms with van der Waals surface area (Å²) in [6, 6.07) is 6.93. The molecule has 16 heavy (non-hydrogen) atoms. The maximum Gasteiger partial charge on any atom is 0.128 e. The molecule has 0 bridgehead atoms. The van der Waals surface area contributed by atoms with Gasteiger partial charge in [-0.25, -0.2) is 9.97 Å². The highest BCUT2D eigenvalue weighted by atomic mass is 35.5. The standard InChI is InChI=1S/C11H9Cl2N3/c1-6-15-10(5-11(14)16-6)8-3-2-7(12)4-9(8)13/h2-5H,1H3,(H2,14,15,16). The first-order valence-electron chi connectivity index (χ1n) is 4.63. The topological polar surface area (TPSA) is 51.8 Å². The molecule has 5 heteroatoms. The molecule has 0 aliphatic carbocycles. The van der Waals surface area contributed by atoms with Gasteiger partial charge in [0.2, 0.25) is 0 Å². The van der Waals surface area contributed by atoms with Crippen molar-refractivity contribution in [3.63, 3.8) is 0 Å². The molecular formula is C11H9Cl2N3. The Morgan fingerprint density at radius 2 is 1.88 bits per heavy atom. The number of aryl methyl sites for hydroxylation is 1. The highest BCUT2D eigenvalue weighted by Gasteiger charge is 2.07. The molecule has 1 heterocycles. The van der Waals surface area contributed by atoms with Gasteiger partial charge < -0.3 is 5.73 Å². The summed E-state index contributed by atoms with van der Waals surface area (Å²) in [5, 5.41) is 1.14. The van der Waals surface area contributed by atoms with Gasteiger partial charge in [0.05, 0.1) is 10.7 Å². The fourth-order valence-corrected chi connectivity index (χ4v) is 1.93. The molecule has 0 atom stereocenters. The van der Waals surface area contributed by atoms with Crippen molar-refractivity contribution in [1.29, 1.82) is 0 Å². The van der Waals surface area contributed by atoms with Gasteiger partial charge in [0.1, 0.15) is 11.6 Å².